The van der Waals surface area contributed by atoms with Crippen molar-refractivity contribution in [3.63, 3.8) is 0 Å². The van der Waals surface area contributed by atoms with Gasteiger partial charge in [0, 0.05) is 38.5 Å². The third-order valence-corrected chi connectivity index (χ3v) is 6.54. The van der Waals surface area contributed by atoms with Crippen molar-refractivity contribution in [3.05, 3.63) is 35.4 Å². The molecule has 2 aliphatic heterocycles. The Morgan fingerprint density at radius 1 is 1.22 bits per heavy atom. The fourth-order valence-corrected chi connectivity index (χ4v) is 4.59. The van der Waals surface area contributed by atoms with Crippen LogP contribution >= 0.6 is 0 Å². The van der Waals surface area contributed by atoms with E-state index < -0.39 is 0 Å². The lowest BCUT2D eigenvalue weighted by molar-refractivity contribution is -0.126. The van der Waals surface area contributed by atoms with E-state index in [4.69, 9.17) is 9.47 Å². The minimum absolute atomic E-state index is 0.0111. The van der Waals surface area contributed by atoms with E-state index in [2.05, 4.69) is 0 Å². The lowest BCUT2D eigenvalue weighted by Gasteiger charge is -2.46. The zero-order valence-electron chi connectivity index (χ0n) is 16.6. The van der Waals surface area contributed by atoms with E-state index in [-0.39, 0.29) is 11.5 Å². The second-order valence-electron chi connectivity index (χ2n) is 8.86. The molecule has 1 atom stereocenters. The molecule has 4 rings (SSSR count). The first-order chi connectivity index (χ1) is 13.1. The standard InChI is InChI=1S/C23H33NO3/c1-18-3-2-4-21(15-18)22(25)24-11-9-23(10-12-24)16-19(8-14-27-23)7-13-26-17-20-5-6-20/h2-4,15,19-20H,5-14,16-17H2,1H3. The van der Waals surface area contributed by atoms with Gasteiger partial charge in [0.05, 0.1) is 5.60 Å². The molecule has 0 bridgehead atoms. The van der Waals surface area contributed by atoms with Crippen molar-refractivity contribution in [2.24, 2.45) is 11.8 Å². The molecular weight excluding hydrogens is 338 g/mol. The summed E-state index contributed by atoms with van der Waals surface area (Å²) in [6.07, 6.45) is 8.08. The number of carbonyl (C=O) groups is 1. The van der Waals surface area contributed by atoms with E-state index in [9.17, 15) is 4.79 Å². The fraction of sp³-hybridized carbons (Fsp3) is 0.696. The van der Waals surface area contributed by atoms with Crippen molar-refractivity contribution >= 4 is 5.91 Å². The fourth-order valence-electron chi connectivity index (χ4n) is 4.59. The number of rotatable bonds is 6. The second kappa shape index (κ2) is 8.32. The van der Waals surface area contributed by atoms with Crippen LogP contribution in [0.3, 0.4) is 0 Å². The van der Waals surface area contributed by atoms with Gasteiger partial charge in [0.1, 0.15) is 0 Å². The summed E-state index contributed by atoms with van der Waals surface area (Å²) in [6, 6.07) is 7.91. The van der Waals surface area contributed by atoms with Gasteiger partial charge in [0.25, 0.3) is 5.91 Å². The van der Waals surface area contributed by atoms with Crippen LogP contribution in [0.2, 0.25) is 0 Å². The molecule has 1 spiro atoms. The second-order valence-corrected chi connectivity index (χ2v) is 8.86. The molecule has 148 valence electrons. The largest absolute Gasteiger partial charge is 0.381 e. The summed E-state index contributed by atoms with van der Waals surface area (Å²) in [5, 5.41) is 0. The maximum absolute atomic E-state index is 12.8. The SMILES string of the molecule is Cc1cccc(C(=O)N2CCC3(CC2)CC(CCOCC2CC2)CCO3)c1. The first-order valence-corrected chi connectivity index (χ1v) is 10.7. The Morgan fingerprint density at radius 2 is 2.04 bits per heavy atom. The summed E-state index contributed by atoms with van der Waals surface area (Å²) in [5.74, 6) is 1.72. The van der Waals surface area contributed by atoms with Gasteiger partial charge in [0.2, 0.25) is 0 Å². The van der Waals surface area contributed by atoms with Gasteiger partial charge in [-0.3, -0.25) is 4.79 Å². The molecule has 0 aromatic heterocycles. The first kappa shape index (κ1) is 18.9. The van der Waals surface area contributed by atoms with Crippen LogP contribution in [0.25, 0.3) is 0 Å². The van der Waals surface area contributed by atoms with Gasteiger partial charge in [-0.05, 0) is 75.8 Å². The van der Waals surface area contributed by atoms with Crippen LogP contribution in [0.1, 0.15) is 60.9 Å². The number of aryl methyl sites for hydroxylation is 1. The lowest BCUT2D eigenvalue weighted by atomic mass is 9.78. The molecular formula is C23H33NO3. The lowest BCUT2D eigenvalue weighted by Crippen LogP contribution is -2.50. The summed E-state index contributed by atoms with van der Waals surface area (Å²) >= 11 is 0. The number of hydrogen-bond donors (Lipinski definition) is 0. The van der Waals surface area contributed by atoms with Crippen molar-refractivity contribution in [3.8, 4) is 0 Å². The molecule has 2 heterocycles. The van der Waals surface area contributed by atoms with E-state index in [1.54, 1.807) is 0 Å². The molecule has 1 unspecified atom stereocenters. The predicted octanol–water partition coefficient (Wildman–Crippen LogP) is 4.21. The molecule has 27 heavy (non-hydrogen) atoms. The van der Waals surface area contributed by atoms with Crippen molar-refractivity contribution in [1.29, 1.82) is 0 Å². The Balaban J connectivity index is 1.26. The zero-order valence-corrected chi connectivity index (χ0v) is 16.6. The third-order valence-electron chi connectivity index (χ3n) is 6.54. The summed E-state index contributed by atoms with van der Waals surface area (Å²) in [5.41, 5.74) is 1.93. The summed E-state index contributed by atoms with van der Waals surface area (Å²) < 4.78 is 12.1. The summed E-state index contributed by atoms with van der Waals surface area (Å²) in [6.45, 7) is 6.36. The number of likely N-dealkylation sites (tertiary alicyclic amines) is 1. The number of hydrogen-bond acceptors (Lipinski definition) is 3. The Hall–Kier alpha value is -1.39. The van der Waals surface area contributed by atoms with Crippen molar-refractivity contribution in [2.45, 2.75) is 57.5 Å². The number of piperidine rings is 1. The Labute approximate surface area is 163 Å². The van der Waals surface area contributed by atoms with E-state index in [1.807, 2.05) is 36.1 Å². The van der Waals surface area contributed by atoms with Crippen LogP contribution in [0, 0.1) is 18.8 Å². The molecule has 4 nitrogen and oxygen atoms in total. The maximum atomic E-state index is 12.8. The highest BCUT2D eigenvalue weighted by Gasteiger charge is 2.41. The topological polar surface area (TPSA) is 38.8 Å². The number of ether oxygens (including phenoxy) is 2. The van der Waals surface area contributed by atoms with Crippen molar-refractivity contribution in [2.75, 3.05) is 32.9 Å². The average molecular weight is 372 g/mol. The molecule has 3 aliphatic rings. The summed E-state index contributed by atoms with van der Waals surface area (Å²) in [7, 11) is 0. The van der Waals surface area contributed by atoms with Crippen LogP contribution in [0.4, 0.5) is 0 Å². The monoisotopic (exact) mass is 371 g/mol. The molecule has 1 saturated carbocycles. The van der Waals surface area contributed by atoms with Gasteiger partial charge in [-0.25, -0.2) is 0 Å². The summed E-state index contributed by atoms with van der Waals surface area (Å²) in [4.78, 5) is 14.8. The molecule has 0 radical (unpaired) electrons. The zero-order chi connectivity index (χ0) is 18.7. The number of benzene rings is 1. The molecule has 1 aliphatic carbocycles. The van der Waals surface area contributed by atoms with E-state index >= 15 is 0 Å². The van der Waals surface area contributed by atoms with E-state index in [1.165, 1.54) is 12.8 Å². The highest BCUT2D eigenvalue weighted by molar-refractivity contribution is 5.94. The molecule has 1 amide bonds. The maximum Gasteiger partial charge on any atom is 0.253 e. The molecule has 1 aromatic carbocycles. The Bertz CT molecular complexity index is 647. The van der Waals surface area contributed by atoms with Crippen LogP contribution < -0.4 is 0 Å². The van der Waals surface area contributed by atoms with Crippen molar-refractivity contribution < 1.29 is 14.3 Å². The van der Waals surface area contributed by atoms with Crippen molar-refractivity contribution in [1.82, 2.24) is 4.90 Å². The number of amides is 1. The molecule has 2 saturated heterocycles. The molecule has 3 fully saturated rings. The quantitative estimate of drug-likeness (QED) is 0.703. The normalized spacial score (nSPS) is 24.9. The predicted molar refractivity (Wildman–Crippen MR) is 106 cm³/mol. The van der Waals surface area contributed by atoms with Crippen LogP contribution in [-0.2, 0) is 9.47 Å². The molecule has 0 N–H and O–H groups in total. The van der Waals surface area contributed by atoms with Crippen LogP contribution in [0.15, 0.2) is 24.3 Å². The highest BCUT2D eigenvalue weighted by atomic mass is 16.5. The van der Waals surface area contributed by atoms with Gasteiger partial charge in [-0.2, -0.15) is 0 Å². The van der Waals surface area contributed by atoms with Crippen LogP contribution in [-0.4, -0.2) is 49.3 Å². The van der Waals surface area contributed by atoms with Gasteiger partial charge < -0.3 is 14.4 Å². The Morgan fingerprint density at radius 3 is 2.78 bits per heavy atom. The molecule has 4 heteroatoms. The van der Waals surface area contributed by atoms with Gasteiger partial charge in [-0.15, -0.1) is 0 Å². The van der Waals surface area contributed by atoms with E-state index in [0.717, 1.165) is 82.1 Å². The minimum atomic E-state index is -0.0111. The smallest absolute Gasteiger partial charge is 0.253 e. The van der Waals surface area contributed by atoms with Gasteiger partial charge in [-0.1, -0.05) is 17.7 Å². The number of nitrogens with zero attached hydrogens (tertiary/aromatic N) is 1. The molecule has 1 aromatic rings. The Kier molecular flexibility index (Phi) is 5.84. The van der Waals surface area contributed by atoms with Gasteiger partial charge >= 0.3 is 0 Å². The minimum Gasteiger partial charge on any atom is -0.381 e. The first-order valence-electron chi connectivity index (χ1n) is 10.7. The van der Waals surface area contributed by atoms with Gasteiger partial charge in [0.15, 0.2) is 0 Å². The van der Waals surface area contributed by atoms with E-state index in [0.29, 0.717) is 5.92 Å². The average Bonchev–Trinajstić information content (AvgIpc) is 3.50. The highest BCUT2D eigenvalue weighted by Crippen LogP contribution is 2.39. The van der Waals surface area contributed by atoms with Crippen LogP contribution in [0.5, 0.6) is 0 Å². The number of carbonyl (C=O) groups excluding carboxylic acids is 1. The third kappa shape index (κ3) is 4.91.